The van der Waals surface area contributed by atoms with Gasteiger partial charge in [0.1, 0.15) is 12.4 Å². The lowest BCUT2D eigenvalue weighted by atomic mass is 10.1. The maximum atomic E-state index is 11.7. The predicted molar refractivity (Wildman–Crippen MR) is 118 cm³/mol. The molecule has 2 amide bonds. The van der Waals surface area contributed by atoms with E-state index >= 15 is 0 Å². The van der Waals surface area contributed by atoms with Gasteiger partial charge in [-0.3, -0.25) is 5.01 Å². The smallest absolute Gasteiger partial charge is 0.335 e. The van der Waals surface area contributed by atoms with E-state index in [1.54, 1.807) is 13.0 Å². The molecule has 8 nitrogen and oxygen atoms in total. The van der Waals surface area contributed by atoms with Gasteiger partial charge in [-0.2, -0.15) is 0 Å². The molecular weight excluding hydrogens is 370 g/mol. The highest BCUT2D eigenvalue weighted by Gasteiger charge is 2.09. The lowest BCUT2D eigenvalue weighted by Gasteiger charge is -2.16. The molecule has 0 spiro atoms. The molecule has 8 heteroatoms. The number of carbonyl (C=O) groups is 1. The van der Waals surface area contributed by atoms with E-state index in [9.17, 15) is 4.79 Å². The van der Waals surface area contributed by atoms with Crippen LogP contribution >= 0.6 is 0 Å². The van der Waals surface area contributed by atoms with Crippen LogP contribution < -0.4 is 22.0 Å². The number of aliphatic hydroxyl groups is 1. The average Bonchev–Trinajstić information content (AvgIpc) is 2.68. The summed E-state index contributed by atoms with van der Waals surface area (Å²) in [5.41, 5.74) is 3.85. The standard InChI is InChI=1S/C18H22N4O2.C3H6O.H3N/c1-12-10-14(13(2)19)8-9-17(12)24-11-15-6-4-5-7-16(15)21-18(23)22(3)20;1-2-3-4;/h4-10,19H,11,20H2,1-3H3,(H,21,23);2,4H,1,3H2;1H3. The van der Waals surface area contributed by atoms with Crippen molar-refractivity contribution in [1.29, 1.82) is 5.41 Å². The van der Waals surface area contributed by atoms with Crippen LogP contribution in [0.1, 0.15) is 23.6 Å². The molecule has 2 aromatic carbocycles. The molecule has 158 valence electrons. The van der Waals surface area contributed by atoms with Gasteiger partial charge in [-0.15, -0.1) is 6.58 Å². The van der Waals surface area contributed by atoms with Crippen molar-refractivity contribution in [2.75, 3.05) is 19.0 Å². The van der Waals surface area contributed by atoms with Crippen LogP contribution in [-0.2, 0) is 6.61 Å². The van der Waals surface area contributed by atoms with Crippen molar-refractivity contribution >= 4 is 17.4 Å². The molecule has 8 N–H and O–H groups in total. The van der Waals surface area contributed by atoms with Gasteiger partial charge in [0.15, 0.2) is 0 Å². The summed E-state index contributed by atoms with van der Waals surface area (Å²) in [7, 11) is 1.48. The van der Waals surface area contributed by atoms with E-state index in [1.165, 1.54) is 13.1 Å². The molecule has 0 bridgehead atoms. The Morgan fingerprint density at radius 3 is 2.48 bits per heavy atom. The number of urea groups is 1. The number of anilines is 1. The van der Waals surface area contributed by atoms with E-state index in [2.05, 4.69) is 11.9 Å². The molecule has 0 aromatic heterocycles. The highest BCUT2D eigenvalue weighted by molar-refractivity contribution is 5.96. The number of aliphatic hydroxyl groups excluding tert-OH is 1. The first kappa shape index (κ1) is 25.8. The number of hydrazine groups is 1. The minimum absolute atomic E-state index is 0. The molecular formula is C21H31N5O3. The number of rotatable bonds is 6. The maximum absolute atomic E-state index is 11.7. The molecule has 0 saturated heterocycles. The average molecular weight is 402 g/mol. The van der Waals surface area contributed by atoms with E-state index in [1.807, 2.05) is 43.3 Å². The zero-order valence-electron chi connectivity index (χ0n) is 17.2. The number of nitrogens with two attached hydrogens (primary N) is 1. The zero-order valence-corrected chi connectivity index (χ0v) is 17.2. The number of hydrogen-bond acceptors (Lipinski definition) is 6. The Balaban J connectivity index is 0.00000143. The Bertz CT molecular complexity index is 822. The summed E-state index contributed by atoms with van der Waals surface area (Å²) >= 11 is 0. The second kappa shape index (κ2) is 13.1. The molecule has 0 saturated carbocycles. The first-order valence-electron chi connectivity index (χ1n) is 8.68. The number of hydrogen-bond donors (Lipinski definition) is 5. The quantitative estimate of drug-likeness (QED) is 0.165. The van der Waals surface area contributed by atoms with Gasteiger partial charge in [-0.05, 0) is 49.2 Å². The van der Waals surface area contributed by atoms with E-state index < -0.39 is 6.03 Å². The summed E-state index contributed by atoms with van der Waals surface area (Å²) in [6, 6.07) is 12.7. The van der Waals surface area contributed by atoms with Crippen LogP contribution in [0.4, 0.5) is 10.5 Å². The van der Waals surface area contributed by atoms with E-state index in [4.69, 9.17) is 21.1 Å². The van der Waals surface area contributed by atoms with Gasteiger partial charge in [0, 0.05) is 24.0 Å². The maximum Gasteiger partial charge on any atom is 0.335 e. The second-order valence-corrected chi connectivity index (χ2v) is 6.06. The normalized spacial score (nSPS) is 9.28. The molecule has 2 aromatic rings. The largest absolute Gasteiger partial charge is 0.489 e. The number of carbonyl (C=O) groups excluding carboxylic acids is 1. The summed E-state index contributed by atoms with van der Waals surface area (Å²) in [6.45, 7) is 7.32. The van der Waals surface area contributed by atoms with Crippen LogP contribution in [0.5, 0.6) is 5.75 Å². The van der Waals surface area contributed by atoms with Crippen molar-refractivity contribution in [3.63, 3.8) is 0 Å². The third-order valence-electron chi connectivity index (χ3n) is 3.70. The number of benzene rings is 2. The Morgan fingerprint density at radius 1 is 1.34 bits per heavy atom. The third-order valence-corrected chi connectivity index (χ3v) is 3.70. The van der Waals surface area contributed by atoms with Crippen LogP contribution in [0, 0.1) is 12.3 Å². The van der Waals surface area contributed by atoms with Gasteiger partial charge in [0.05, 0.1) is 6.61 Å². The predicted octanol–water partition coefficient (Wildman–Crippen LogP) is 3.63. The first-order valence-corrected chi connectivity index (χ1v) is 8.68. The molecule has 0 aliphatic carbocycles. The number of nitrogens with one attached hydrogen (secondary N) is 2. The Hall–Kier alpha value is -3.20. The number of nitrogens with zero attached hydrogens (tertiary/aromatic N) is 1. The number of ether oxygens (including phenoxy) is 1. The van der Waals surface area contributed by atoms with Gasteiger partial charge in [-0.25, -0.2) is 10.6 Å². The Morgan fingerprint density at radius 2 is 1.97 bits per heavy atom. The minimum Gasteiger partial charge on any atom is -0.489 e. The number of para-hydroxylation sites is 1. The van der Waals surface area contributed by atoms with Crippen molar-refractivity contribution in [3.8, 4) is 5.75 Å². The molecule has 0 unspecified atom stereocenters. The lowest BCUT2D eigenvalue weighted by molar-refractivity contribution is 0.223. The van der Waals surface area contributed by atoms with Gasteiger partial charge in [-0.1, -0.05) is 24.3 Å². The van der Waals surface area contributed by atoms with E-state index in [0.29, 0.717) is 18.0 Å². The Labute approximate surface area is 172 Å². The van der Waals surface area contributed by atoms with Crippen molar-refractivity contribution < 1.29 is 14.6 Å². The zero-order chi connectivity index (χ0) is 21.1. The fourth-order valence-electron chi connectivity index (χ4n) is 2.17. The topological polar surface area (TPSA) is 147 Å². The molecule has 0 aliphatic heterocycles. The summed E-state index contributed by atoms with van der Waals surface area (Å²) < 4.78 is 5.87. The van der Waals surface area contributed by atoms with Crippen molar-refractivity contribution in [1.82, 2.24) is 11.2 Å². The van der Waals surface area contributed by atoms with E-state index in [-0.39, 0.29) is 12.8 Å². The SMILES string of the molecule is C=CCO.CC(=N)c1ccc(OCc2ccccc2NC(=O)N(C)N)c(C)c1.N. The van der Waals surface area contributed by atoms with Crippen LogP contribution in [0.2, 0.25) is 0 Å². The highest BCUT2D eigenvalue weighted by atomic mass is 16.5. The van der Waals surface area contributed by atoms with Gasteiger partial charge in [0.2, 0.25) is 0 Å². The van der Waals surface area contributed by atoms with E-state index in [0.717, 1.165) is 27.4 Å². The number of aryl methyl sites for hydroxylation is 1. The third kappa shape index (κ3) is 8.56. The first-order chi connectivity index (χ1) is 13.3. The van der Waals surface area contributed by atoms with Crippen LogP contribution in [0.15, 0.2) is 55.1 Å². The summed E-state index contributed by atoms with van der Waals surface area (Å²) in [5, 5.41) is 19.2. The fraction of sp³-hybridized carbons (Fsp3) is 0.238. The molecule has 2 rings (SSSR count). The molecule has 0 atom stereocenters. The molecule has 0 radical (unpaired) electrons. The highest BCUT2D eigenvalue weighted by Crippen LogP contribution is 2.23. The number of amides is 2. The fourth-order valence-corrected chi connectivity index (χ4v) is 2.17. The van der Waals surface area contributed by atoms with Gasteiger partial charge in [0.25, 0.3) is 0 Å². The molecule has 0 aliphatic rings. The summed E-state index contributed by atoms with van der Waals surface area (Å²) in [6.07, 6.45) is 1.43. The summed E-state index contributed by atoms with van der Waals surface area (Å²) in [5.74, 6) is 6.18. The monoisotopic (exact) mass is 401 g/mol. The molecule has 29 heavy (non-hydrogen) atoms. The second-order valence-electron chi connectivity index (χ2n) is 6.06. The van der Waals surface area contributed by atoms with Gasteiger partial charge >= 0.3 is 6.03 Å². The molecule has 0 heterocycles. The Kier molecular flexibility index (Phi) is 11.6. The van der Waals surface area contributed by atoms with Crippen molar-refractivity contribution in [2.24, 2.45) is 5.84 Å². The van der Waals surface area contributed by atoms with Crippen molar-refractivity contribution in [3.05, 3.63) is 71.8 Å². The molecule has 0 fully saturated rings. The van der Waals surface area contributed by atoms with Crippen LogP contribution in [-0.4, -0.2) is 35.5 Å². The van der Waals surface area contributed by atoms with Gasteiger partial charge < -0.3 is 26.7 Å². The minimum atomic E-state index is -0.399. The van der Waals surface area contributed by atoms with Crippen LogP contribution in [0.25, 0.3) is 0 Å². The van der Waals surface area contributed by atoms with Crippen LogP contribution in [0.3, 0.4) is 0 Å². The summed E-state index contributed by atoms with van der Waals surface area (Å²) in [4.78, 5) is 11.7. The van der Waals surface area contributed by atoms with Crippen molar-refractivity contribution in [2.45, 2.75) is 20.5 Å². The lowest BCUT2D eigenvalue weighted by Crippen LogP contribution is -2.37.